The van der Waals surface area contributed by atoms with E-state index in [9.17, 15) is 24.6 Å². The molecule has 0 radical (unpaired) electrons. The third-order valence-electron chi connectivity index (χ3n) is 12.2. The van der Waals surface area contributed by atoms with Gasteiger partial charge >= 0.3 is 11.9 Å². The molecule has 0 saturated carbocycles. The molecule has 16 atom stereocenters. The number of carbonyl (C=O) groups is 3. The lowest BCUT2D eigenvalue weighted by molar-refractivity contribution is -0.330. The highest BCUT2D eigenvalue weighted by Crippen LogP contribution is 2.44. The molecule has 0 spiro atoms. The summed E-state index contributed by atoms with van der Waals surface area (Å²) in [6.07, 6.45) is 5.42. The Morgan fingerprint density at radius 3 is 2.38 bits per heavy atom. The molecule has 0 aromatic heterocycles. The highest BCUT2D eigenvalue weighted by molar-refractivity contribution is 5.70. The number of aliphatic hydroxyl groups excluding tert-OH is 2. The number of esters is 2. The number of hydrogen-bond donors (Lipinski definition) is 2. The van der Waals surface area contributed by atoms with Crippen molar-refractivity contribution in [3.05, 3.63) is 24.3 Å². The number of carbonyl (C=O) groups excluding carboxylic acids is 3. The zero-order valence-corrected chi connectivity index (χ0v) is 35.8. The Kier molecular flexibility index (Phi) is 19.6. The molecule has 0 aromatic rings. The third-order valence-corrected chi connectivity index (χ3v) is 12.2. The summed E-state index contributed by atoms with van der Waals surface area (Å²) < 4.78 is 44.2. The van der Waals surface area contributed by atoms with Crippen molar-refractivity contribution in [2.24, 2.45) is 29.1 Å². The summed E-state index contributed by atoms with van der Waals surface area (Å²) in [7, 11) is 5.58. The predicted molar refractivity (Wildman–Crippen MR) is 211 cm³/mol. The molecular formula is C43H73NO12. The van der Waals surface area contributed by atoms with Gasteiger partial charge in [-0.15, -0.1) is 0 Å². The van der Waals surface area contributed by atoms with Crippen molar-refractivity contribution >= 4 is 18.2 Å². The average Bonchev–Trinajstić information content (AvgIpc) is 3.12. The molecule has 0 bridgehead atoms. The van der Waals surface area contributed by atoms with Crippen LogP contribution in [0.15, 0.2) is 24.3 Å². The summed E-state index contributed by atoms with van der Waals surface area (Å²) in [5.41, 5.74) is -0.372. The minimum absolute atomic E-state index is 0.0774. The van der Waals surface area contributed by atoms with Crippen LogP contribution in [-0.4, -0.2) is 129 Å². The van der Waals surface area contributed by atoms with Crippen LogP contribution in [0.25, 0.3) is 0 Å². The Morgan fingerprint density at radius 1 is 1.05 bits per heavy atom. The second-order valence-electron chi connectivity index (χ2n) is 16.9. The van der Waals surface area contributed by atoms with Gasteiger partial charge in [-0.3, -0.25) is 9.59 Å². The van der Waals surface area contributed by atoms with Crippen LogP contribution in [0, 0.1) is 29.1 Å². The van der Waals surface area contributed by atoms with Crippen LogP contribution in [0.2, 0.25) is 0 Å². The summed E-state index contributed by atoms with van der Waals surface area (Å²) in [6, 6.07) is -0.227. The Bertz CT molecular complexity index is 1280. The molecule has 3 aliphatic rings. The number of cyclic esters (lactones) is 1. The van der Waals surface area contributed by atoms with Gasteiger partial charge < -0.3 is 53.1 Å². The Balaban J connectivity index is 1.94. The molecule has 3 aliphatic heterocycles. The fraction of sp³-hybridized carbons (Fsp3) is 0.837. The number of aliphatic hydroxyl groups is 2. The summed E-state index contributed by atoms with van der Waals surface area (Å²) in [4.78, 5) is 39.9. The maximum Gasteiger partial charge on any atom is 0.308 e. The molecule has 3 rings (SSSR count). The second kappa shape index (κ2) is 22.8. The van der Waals surface area contributed by atoms with Crippen molar-refractivity contribution in [1.29, 1.82) is 0 Å². The van der Waals surface area contributed by atoms with Gasteiger partial charge in [0, 0.05) is 56.1 Å². The van der Waals surface area contributed by atoms with E-state index in [-0.39, 0.29) is 48.2 Å². The quantitative estimate of drug-likeness (QED) is 0.181. The van der Waals surface area contributed by atoms with Crippen LogP contribution in [0.3, 0.4) is 0 Å². The number of nitrogens with zero attached hydrogens (tertiary/aromatic N) is 1. The Hall–Kier alpha value is -2.23. The van der Waals surface area contributed by atoms with Crippen LogP contribution >= 0.6 is 0 Å². The van der Waals surface area contributed by atoms with Gasteiger partial charge in [0.25, 0.3) is 0 Å². The van der Waals surface area contributed by atoms with Gasteiger partial charge in [-0.25, -0.2) is 0 Å². The fourth-order valence-electron chi connectivity index (χ4n) is 8.85. The van der Waals surface area contributed by atoms with Crippen molar-refractivity contribution < 1.29 is 57.8 Å². The maximum absolute atomic E-state index is 13.0. The van der Waals surface area contributed by atoms with E-state index in [0.29, 0.717) is 32.1 Å². The first kappa shape index (κ1) is 48.1. The van der Waals surface area contributed by atoms with Gasteiger partial charge in [0.1, 0.15) is 24.6 Å². The van der Waals surface area contributed by atoms with E-state index in [0.717, 1.165) is 12.7 Å². The van der Waals surface area contributed by atoms with Gasteiger partial charge in [0.2, 0.25) is 0 Å². The number of allylic oxidation sites excluding steroid dienone is 2. The van der Waals surface area contributed by atoms with E-state index in [1.54, 1.807) is 14.0 Å². The summed E-state index contributed by atoms with van der Waals surface area (Å²) in [6.45, 7) is 15.3. The smallest absolute Gasteiger partial charge is 0.308 e. The van der Waals surface area contributed by atoms with Crippen LogP contribution < -0.4 is 0 Å². The SMILES string of the molecule is CCCC(=O)O[C@H]1[C@H](C)OC(O[C@H]2[C@H](N(C)C)[C@@H](C)C(O[C@H]3[C@@H](CC=O)C[C@@H](C)C(OC)/C=C/C=C/C[C@@H](C)OC(=O)C[C@@H](O)[C@@H]3CO)O[C@@H]2C)C[C@@]1(C)CC. The lowest BCUT2D eigenvalue weighted by Gasteiger charge is -2.52. The summed E-state index contributed by atoms with van der Waals surface area (Å²) >= 11 is 0. The van der Waals surface area contributed by atoms with E-state index in [2.05, 4.69) is 18.7 Å². The number of hydrogen-bond acceptors (Lipinski definition) is 13. The average molecular weight is 796 g/mol. The first-order valence-corrected chi connectivity index (χ1v) is 20.8. The molecule has 0 aliphatic carbocycles. The molecule has 2 fully saturated rings. The minimum atomic E-state index is -1.32. The number of ether oxygens (including phenoxy) is 7. The largest absolute Gasteiger partial charge is 0.462 e. The Morgan fingerprint density at radius 2 is 1.77 bits per heavy atom. The molecule has 2 saturated heterocycles. The molecule has 3 heterocycles. The molecule has 56 heavy (non-hydrogen) atoms. The molecule has 0 aromatic carbocycles. The maximum atomic E-state index is 13.0. The van der Waals surface area contributed by atoms with E-state index in [1.165, 1.54) is 0 Å². The van der Waals surface area contributed by atoms with Gasteiger partial charge in [-0.1, -0.05) is 58.9 Å². The van der Waals surface area contributed by atoms with Crippen molar-refractivity contribution in [2.45, 2.75) is 174 Å². The molecule has 322 valence electrons. The first-order chi connectivity index (χ1) is 26.5. The normalized spacial score (nSPS) is 41.8. The zero-order valence-electron chi connectivity index (χ0n) is 35.8. The fourth-order valence-corrected chi connectivity index (χ4v) is 8.85. The zero-order chi connectivity index (χ0) is 41.7. The highest BCUT2D eigenvalue weighted by Gasteiger charge is 2.51. The summed E-state index contributed by atoms with van der Waals surface area (Å²) in [5, 5.41) is 22.4. The van der Waals surface area contributed by atoms with Crippen molar-refractivity contribution in [2.75, 3.05) is 27.8 Å². The number of rotatable bonds is 13. The second-order valence-corrected chi connectivity index (χ2v) is 16.9. The van der Waals surface area contributed by atoms with Gasteiger partial charge in [0.05, 0.1) is 43.5 Å². The van der Waals surface area contributed by atoms with Gasteiger partial charge in [-0.2, -0.15) is 0 Å². The number of methoxy groups -OCH3 is 1. The minimum Gasteiger partial charge on any atom is -0.462 e. The monoisotopic (exact) mass is 796 g/mol. The van der Waals surface area contributed by atoms with E-state index < -0.39 is 79.7 Å². The number of likely N-dealkylation sites (N-methyl/N-ethyl adjacent to an activating group) is 1. The third kappa shape index (κ3) is 12.9. The van der Waals surface area contributed by atoms with Crippen LogP contribution in [0.5, 0.6) is 0 Å². The lowest BCUT2D eigenvalue weighted by atomic mass is 9.74. The predicted octanol–water partition coefficient (Wildman–Crippen LogP) is 5.38. The molecule has 13 nitrogen and oxygen atoms in total. The van der Waals surface area contributed by atoms with E-state index in [1.807, 2.05) is 73.0 Å². The first-order valence-electron chi connectivity index (χ1n) is 20.8. The Labute approximate surface area is 335 Å². The van der Waals surface area contributed by atoms with Crippen molar-refractivity contribution in [1.82, 2.24) is 4.90 Å². The van der Waals surface area contributed by atoms with E-state index >= 15 is 0 Å². The van der Waals surface area contributed by atoms with Crippen molar-refractivity contribution in [3.63, 3.8) is 0 Å². The van der Waals surface area contributed by atoms with Crippen molar-refractivity contribution in [3.8, 4) is 0 Å². The van der Waals surface area contributed by atoms with Gasteiger partial charge in [0.15, 0.2) is 12.6 Å². The van der Waals surface area contributed by atoms with Crippen LogP contribution in [0.1, 0.15) is 107 Å². The molecule has 2 N–H and O–H groups in total. The topological polar surface area (TPSA) is 160 Å². The van der Waals surface area contributed by atoms with Crippen LogP contribution in [0.4, 0.5) is 0 Å². The standard InChI is InChI=1S/C43H73NO12/c1-12-17-35(48)54-41-30(7)52-37(24-43(41,8)13-2)55-39-29(6)53-42(28(5)38(39)44(9)10)56-40-31(20-21-45)22-26(3)34(50-11)19-16-14-15-18-27(4)51-36(49)23-33(47)32(40)25-46/h14-16,19,21,26-34,37-42,46-47H,12-13,17-18,20,22-25H2,1-11H3/b15-14+,19-16+/t26-,27-,28-,29-,30+,31+,32+,33-,34?,37?,38-,39-,40+,41+,42?,43-/m1/s1. The molecule has 3 unspecified atom stereocenters. The number of aldehydes is 1. The van der Waals surface area contributed by atoms with Gasteiger partial charge in [-0.05, 0) is 66.0 Å². The lowest BCUT2D eigenvalue weighted by Crippen LogP contribution is -2.62. The highest BCUT2D eigenvalue weighted by atomic mass is 16.7. The molecular weight excluding hydrogens is 722 g/mol. The molecule has 0 amide bonds. The molecule has 13 heteroatoms. The van der Waals surface area contributed by atoms with E-state index in [4.69, 9.17) is 33.2 Å². The van der Waals surface area contributed by atoms with Crippen LogP contribution in [-0.2, 0) is 47.5 Å². The summed E-state index contributed by atoms with van der Waals surface area (Å²) in [5.74, 6) is -2.61.